The minimum atomic E-state index is -0.404. The third-order valence-electron chi connectivity index (χ3n) is 4.48. The summed E-state index contributed by atoms with van der Waals surface area (Å²) in [5.74, 6) is 0.903. The van der Waals surface area contributed by atoms with Gasteiger partial charge in [-0.25, -0.2) is 4.79 Å². The van der Waals surface area contributed by atoms with E-state index in [1.54, 1.807) is 0 Å². The molecule has 0 bridgehead atoms. The topological polar surface area (TPSA) is 44.8 Å². The highest BCUT2D eigenvalue weighted by Crippen LogP contribution is 2.36. The van der Waals surface area contributed by atoms with Gasteiger partial charge in [0, 0.05) is 39.3 Å². The van der Waals surface area contributed by atoms with Crippen molar-refractivity contribution in [3.63, 3.8) is 0 Å². The number of piperazine rings is 1. The molecule has 1 saturated carbocycles. The molecule has 5 heteroatoms. The number of amides is 1. The molecule has 2 heterocycles. The molecule has 1 N–H and O–H groups in total. The summed E-state index contributed by atoms with van der Waals surface area (Å²) in [6.45, 7) is 11.8. The lowest BCUT2D eigenvalue weighted by molar-refractivity contribution is -0.0752. The quantitative estimate of drug-likeness (QED) is 0.828. The zero-order valence-electron chi connectivity index (χ0n) is 12.9. The van der Waals surface area contributed by atoms with Crippen molar-refractivity contribution in [2.24, 2.45) is 5.92 Å². The Kier molecular flexibility index (Phi) is 3.45. The molecule has 0 atom stereocenters. The normalized spacial score (nSPS) is 26.4. The third-order valence-corrected chi connectivity index (χ3v) is 4.48. The van der Waals surface area contributed by atoms with E-state index in [0.29, 0.717) is 0 Å². The van der Waals surface area contributed by atoms with E-state index in [1.165, 1.54) is 19.4 Å². The van der Waals surface area contributed by atoms with Gasteiger partial charge < -0.3 is 15.0 Å². The van der Waals surface area contributed by atoms with Gasteiger partial charge in [0.15, 0.2) is 0 Å². The third kappa shape index (κ3) is 2.93. The number of rotatable bonds is 2. The largest absolute Gasteiger partial charge is 0.444 e. The van der Waals surface area contributed by atoms with Crippen LogP contribution in [-0.2, 0) is 4.74 Å². The number of nitrogens with zero attached hydrogens (tertiary/aromatic N) is 2. The van der Waals surface area contributed by atoms with Gasteiger partial charge in [0.1, 0.15) is 5.60 Å². The fraction of sp³-hybridized carbons (Fsp3) is 0.933. The van der Waals surface area contributed by atoms with Crippen molar-refractivity contribution in [2.45, 2.75) is 44.8 Å². The lowest BCUT2D eigenvalue weighted by Gasteiger charge is -2.57. The average Bonchev–Trinajstić information content (AvgIpc) is 3.08. The molecule has 20 heavy (non-hydrogen) atoms. The predicted molar refractivity (Wildman–Crippen MR) is 77.7 cm³/mol. The van der Waals surface area contributed by atoms with E-state index < -0.39 is 5.60 Å². The number of hydrogen-bond donors (Lipinski definition) is 1. The highest BCUT2D eigenvalue weighted by Gasteiger charge is 2.52. The van der Waals surface area contributed by atoms with Gasteiger partial charge in [0.05, 0.1) is 5.54 Å². The molecule has 1 amide bonds. The van der Waals surface area contributed by atoms with E-state index in [1.807, 2.05) is 25.7 Å². The zero-order chi connectivity index (χ0) is 14.4. The summed E-state index contributed by atoms with van der Waals surface area (Å²) in [5.41, 5.74) is -0.240. The van der Waals surface area contributed by atoms with Crippen LogP contribution in [0.5, 0.6) is 0 Å². The van der Waals surface area contributed by atoms with Gasteiger partial charge in [-0.15, -0.1) is 0 Å². The van der Waals surface area contributed by atoms with E-state index in [-0.39, 0.29) is 11.6 Å². The van der Waals surface area contributed by atoms with E-state index in [2.05, 4.69) is 10.2 Å². The molecule has 3 aliphatic rings. The number of ether oxygens (including phenoxy) is 1. The molecule has 0 unspecified atom stereocenters. The van der Waals surface area contributed by atoms with Crippen LogP contribution in [0.2, 0.25) is 0 Å². The van der Waals surface area contributed by atoms with Crippen molar-refractivity contribution in [1.82, 2.24) is 15.1 Å². The number of hydrogen-bond acceptors (Lipinski definition) is 4. The van der Waals surface area contributed by atoms with Crippen LogP contribution in [0.25, 0.3) is 0 Å². The minimum absolute atomic E-state index is 0.164. The molecule has 1 spiro atoms. The molecule has 114 valence electrons. The number of carbonyl (C=O) groups excluding carboxylic acids is 1. The number of nitrogens with one attached hydrogen (secondary N) is 1. The van der Waals surface area contributed by atoms with Crippen LogP contribution in [0, 0.1) is 5.92 Å². The average molecular weight is 281 g/mol. The molecular formula is C15H27N3O2. The Bertz CT molecular complexity index is 381. The molecule has 3 fully saturated rings. The molecule has 5 nitrogen and oxygen atoms in total. The Morgan fingerprint density at radius 2 is 2.05 bits per heavy atom. The Morgan fingerprint density at radius 3 is 2.65 bits per heavy atom. The van der Waals surface area contributed by atoms with Gasteiger partial charge in [0.2, 0.25) is 0 Å². The first-order valence-corrected chi connectivity index (χ1v) is 7.82. The summed E-state index contributed by atoms with van der Waals surface area (Å²) in [6, 6.07) is 0. The van der Waals surface area contributed by atoms with Gasteiger partial charge in [-0.1, -0.05) is 0 Å². The highest BCUT2D eigenvalue weighted by molar-refractivity contribution is 5.70. The number of carbonyl (C=O) groups is 1. The second-order valence-corrected chi connectivity index (χ2v) is 7.63. The van der Waals surface area contributed by atoms with Gasteiger partial charge in [-0.2, -0.15) is 0 Å². The lowest BCUT2D eigenvalue weighted by atomic mass is 9.86. The van der Waals surface area contributed by atoms with Crippen molar-refractivity contribution >= 4 is 6.09 Å². The van der Waals surface area contributed by atoms with Gasteiger partial charge >= 0.3 is 6.09 Å². The standard InChI is InChI=1S/C15H27N3O2/c1-14(2,3)20-13(19)17-10-15(11-17)9-16-6-7-18(15)8-12-4-5-12/h12,16H,4-11H2,1-3H3. The molecule has 0 aromatic carbocycles. The zero-order valence-corrected chi connectivity index (χ0v) is 12.9. The van der Waals surface area contributed by atoms with Crippen LogP contribution < -0.4 is 5.32 Å². The predicted octanol–water partition coefficient (Wildman–Crippen LogP) is 1.29. The van der Waals surface area contributed by atoms with Crippen LogP contribution >= 0.6 is 0 Å². The molecule has 2 saturated heterocycles. The minimum Gasteiger partial charge on any atom is -0.444 e. The first kappa shape index (κ1) is 14.1. The van der Waals surface area contributed by atoms with Crippen LogP contribution in [0.4, 0.5) is 4.79 Å². The summed E-state index contributed by atoms with van der Waals surface area (Å²) in [5, 5.41) is 3.49. The smallest absolute Gasteiger partial charge is 0.410 e. The fourth-order valence-electron chi connectivity index (χ4n) is 3.21. The van der Waals surface area contributed by atoms with E-state index in [9.17, 15) is 4.79 Å². The lowest BCUT2D eigenvalue weighted by Crippen LogP contribution is -2.77. The Balaban J connectivity index is 1.56. The van der Waals surface area contributed by atoms with Crippen LogP contribution in [0.15, 0.2) is 0 Å². The van der Waals surface area contributed by atoms with Crippen molar-refractivity contribution in [2.75, 3.05) is 39.3 Å². The van der Waals surface area contributed by atoms with E-state index in [0.717, 1.165) is 38.6 Å². The highest BCUT2D eigenvalue weighted by atomic mass is 16.6. The SMILES string of the molecule is CC(C)(C)OC(=O)N1CC2(CNCCN2CC2CC2)C1. The van der Waals surface area contributed by atoms with Crippen LogP contribution in [0.3, 0.4) is 0 Å². The second-order valence-electron chi connectivity index (χ2n) is 7.63. The van der Waals surface area contributed by atoms with Crippen molar-refractivity contribution in [1.29, 1.82) is 0 Å². The summed E-state index contributed by atoms with van der Waals surface area (Å²) >= 11 is 0. The van der Waals surface area contributed by atoms with Crippen molar-refractivity contribution < 1.29 is 9.53 Å². The molecule has 2 aliphatic heterocycles. The summed E-state index contributed by atoms with van der Waals surface area (Å²) in [6.07, 6.45) is 2.60. The van der Waals surface area contributed by atoms with E-state index in [4.69, 9.17) is 4.74 Å². The first-order chi connectivity index (χ1) is 9.38. The number of likely N-dealkylation sites (tertiary alicyclic amines) is 1. The molecular weight excluding hydrogens is 254 g/mol. The van der Waals surface area contributed by atoms with Crippen LogP contribution in [0.1, 0.15) is 33.6 Å². The van der Waals surface area contributed by atoms with Crippen LogP contribution in [-0.4, -0.2) is 66.3 Å². The molecule has 3 rings (SSSR count). The maximum atomic E-state index is 12.1. The maximum absolute atomic E-state index is 12.1. The molecule has 0 radical (unpaired) electrons. The molecule has 0 aromatic rings. The van der Waals surface area contributed by atoms with Gasteiger partial charge in [0.25, 0.3) is 0 Å². The van der Waals surface area contributed by atoms with Crippen molar-refractivity contribution in [3.8, 4) is 0 Å². The van der Waals surface area contributed by atoms with E-state index >= 15 is 0 Å². The van der Waals surface area contributed by atoms with Gasteiger partial charge in [-0.05, 0) is 39.5 Å². The fourth-order valence-corrected chi connectivity index (χ4v) is 3.21. The molecule has 0 aromatic heterocycles. The van der Waals surface area contributed by atoms with Crippen molar-refractivity contribution in [3.05, 3.63) is 0 Å². The first-order valence-electron chi connectivity index (χ1n) is 7.82. The Hall–Kier alpha value is -0.810. The van der Waals surface area contributed by atoms with Gasteiger partial charge in [-0.3, -0.25) is 4.90 Å². The monoisotopic (exact) mass is 281 g/mol. The summed E-state index contributed by atoms with van der Waals surface area (Å²) in [4.78, 5) is 16.5. The Labute approximate surface area is 121 Å². The maximum Gasteiger partial charge on any atom is 0.410 e. The molecule has 1 aliphatic carbocycles. The summed E-state index contributed by atoms with van der Waals surface area (Å²) in [7, 11) is 0. The Morgan fingerprint density at radius 1 is 1.35 bits per heavy atom. The second kappa shape index (κ2) is 4.88. The summed E-state index contributed by atoms with van der Waals surface area (Å²) < 4.78 is 5.45.